The molecule has 0 bridgehead atoms. The van der Waals surface area contributed by atoms with Gasteiger partial charge in [0.15, 0.2) is 0 Å². The lowest BCUT2D eigenvalue weighted by atomic mass is 10.2. The summed E-state index contributed by atoms with van der Waals surface area (Å²) in [6, 6.07) is 7.89. The molecule has 0 aromatic heterocycles. The predicted molar refractivity (Wildman–Crippen MR) is 85.8 cm³/mol. The number of carbonyl (C=O) groups is 1. The fraction of sp³-hybridized carbons (Fsp3) is 0.533. The molecule has 0 saturated carbocycles. The number of hydrogen-bond acceptors (Lipinski definition) is 3. The first-order chi connectivity index (χ1) is 9.88. The van der Waals surface area contributed by atoms with Gasteiger partial charge in [0.25, 0.3) is 0 Å². The number of unbranched alkanes of at least 4 members (excludes halogenated alkanes) is 2. The van der Waals surface area contributed by atoms with Crippen molar-refractivity contribution in [2.45, 2.75) is 39.2 Å². The Morgan fingerprint density at radius 2 is 1.86 bits per heavy atom. The van der Waals surface area contributed by atoms with Gasteiger partial charge in [0, 0.05) is 6.54 Å². The van der Waals surface area contributed by atoms with Gasteiger partial charge in [-0.3, -0.25) is 9.10 Å². The number of para-hydroxylation sites is 1. The number of carbonyl (C=O) groups excluding carboxylic acids is 1. The summed E-state index contributed by atoms with van der Waals surface area (Å²) < 4.78 is 25.2. The van der Waals surface area contributed by atoms with Gasteiger partial charge in [0.1, 0.15) is 6.04 Å². The first-order valence-corrected chi connectivity index (χ1v) is 9.05. The maximum atomic E-state index is 12.2. The van der Waals surface area contributed by atoms with E-state index in [4.69, 9.17) is 0 Å². The molecule has 0 aliphatic heterocycles. The second kappa shape index (κ2) is 8.02. The van der Waals surface area contributed by atoms with Gasteiger partial charge in [0.2, 0.25) is 15.9 Å². The van der Waals surface area contributed by atoms with E-state index in [1.54, 1.807) is 37.3 Å². The summed E-state index contributed by atoms with van der Waals surface area (Å²) in [5.41, 5.74) is 0.496. The van der Waals surface area contributed by atoms with Crippen LogP contribution in [0.5, 0.6) is 0 Å². The van der Waals surface area contributed by atoms with Crippen LogP contribution in [-0.2, 0) is 14.8 Å². The molecule has 0 spiro atoms. The smallest absolute Gasteiger partial charge is 0.243 e. The van der Waals surface area contributed by atoms with E-state index in [2.05, 4.69) is 12.2 Å². The van der Waals surface area contributed by atoms with Crippen molar-refractivity contribution in [1.82, 2.24) is 5.32 Å². The molecule has 6 heteroatoms. The van der Waals surface area contributed by atoms with Crippen molar-refractivity contribution in [3.63, 3.8) is 0 Å². The average molecular weight is 312 g/mol. The van der Waals surface area contributed by atoms with E-state index in [1.165, 1.54) is 0 Å². The minimum Gasteiger partial charge on any atom is -0.354 e. The van der Waals surface area contributed by atoms with Crippen molar-refractivity contribution in [3.05, 3.63) is 30.3 Å². The van der Waals surface area contributed by atoms with Gasteiger partial charge in [-0.2, -0.15) is 0 Å². The first kappa shape index (κ1) is 17.5. The van der Waals surface area contributed by atoms with Crippen LogP contribution in [-0.4, -0.2) is 33.2 Å². The summed E-state index contributed by atoms with van der Waals surface area (Å²) in [5.74, 6) is -0.277. The predicted octanol–water partition coefficient (Wildman–Crippen LogP) is 2.15. The maximum absolute atomic E-state index is 12.2. The highest BCUT2D eigenvalue weighted by atomic mass is 32.2. The lowest BCUT2D eigenvalue weighted by molar-refractivity contribution is -0.121. The zero-order valence-corrected chi connectivity index (χ0v) is 13.7. The Hall–Kier alpha value is -1.56. The molecule has 1 rings (SSSR count). The minimum atomic E-state index is -3.52. The van der Waals surface area contributed by atoms with Crippen LogP contribution >= 0.6 is 0 Å². The van der Waals surface area contributed by atoms with Crippen molar-refractivity contribution in [1.29, 1.82) is 0 Å². The molecule has 1 N–H and O–H groups in total. The highest BCUT2D eigenvalue weighted by Gasteiger charge is 2.28. The SMILES string of the molecule is CCCCCNC(=O)C(C)N(c1ccccc1)S(C)(=O)=O. The van der Waals surface area contributed by atoms with Crippen LogP contribution in [0.2, 0.25) is 0 Å². The number of sulfonamides is 1. The molecule has 0 saturated heterocycles. The molecular weight excluding hydrogens is 288 g/mol. The number of nitrogens with zero attached hydrogens (tertiary/aromatic N) is 1. The van der Waals surface area contributed by atoms with Crippen LogP contribution < -0.4 is 9.62 Å². The zero-order chi connectivity index (χ0) is 15.9. The lowest BCUT2D eigenvalue weighted by Gasteiger charge is -2.28. The topological polar surface area (TPSA) is 66.5 Å². The van der Waals surface area contributed by atoms with Crippen molar-refractivity contribution in [3.8, 4) is 0 Å². The van der Waals surface area contributed by atoms with E-state index < -0.39 is 16.1 Å². The molecule has 118 valence electrons. The second-order valence-electron chi connectivity index (χ2n) is 5.07. The normalized spacial score (nSPS) is 12.7. The Morgan fingerprint density at radius 3 is 2.38 bits per heavy atom. The summed E-state index contributed by atoms with van der Waals surface area (Å²) in [6.07, 6.45) is 4.13. The Labute approximate surface area is 127 Å². The molecule has 0 aliphatic rings. The monoisotopic (exact) mass is 312 g/mol. The molecule has 0 radical (unpaired) electrons. The second-order valence-corrected chi connectivity index (χ2v) is 6.93. The van der Waals surface area contributed by atoms with Crippen LogP contribution in [0.15, 0.2) is 30.3 Å². The van der Waals surface area contributed by atoms with Crippen LogP contribution in [0, 0.1) is 0 Å². The lowest BCUT2D eigenvalue weighted by Crippen LogP contribution is -2.48. The Kier molecular flexibility index (Phi) is 6.68. The van der Waals surface area contributed by atoms with Gasteiger partial charge in [-0.25, -0.2) is 8.42 Å². The van der Waals surface area contributed by atoms with E-state index in [1.807, 2.05) is 0 Å². The average Bonchev–Trinajstić information content (AvgIpc) is 2.43. The fourth-order valence-electron chi connectivity index (χ4n) is 2.12. The molecule has 1 aromatic rings. The first-order valence-electron chi connectivity index (χ1n) is 7.20. The Bertz CT molecular complexity index is 543. The quantitative estimate of drug-likeness (QED) is 0.748. The fourth-order valence-corrected chi connectivity index (χ4v) is 3.29. The van der Waals surface area contributed by atoms with Gasteiger partial charge >= 0.3 is 0 Å². The molecule has 0 aliphatic carbocycles. The maximum Gasteiger partial charge on any atom is 0.243 e. The van der Waals surface area contributed by atoms with Crippen LogP contribution in [0.3, 0.4) is 0 Å². The molecule has 1 aromatic carbocycles. The standard InChI is InChI=1S/C15H24N2O3S/c1-4-5-9-12-16-15(18)13(2)17(21(3,19)20)14-10-7-6-8-11-14/h6-8,10-11,13H,4-5,9,12H2,1-3H3,(H,16,18). The highest BCUT2D eigenvalue weighted by Crippen LogP contribution is 2.20. The summed E-state index contributed by atoms with van der Waals surface area (Å²) in [4.78, 5) is 12.2. The molecule has 0 heterocycles. The van der Waals surface area contributed by atoms with E-state index in [0.29, 0.717) is 12.2 Å². The van der Waals surface area contributed by atoms with E-state index >= 15 is 0 Å². The van der Waals surface area contributed by atoms with E-state index in [9.17, 15) is 13.2 Å². The largest absolute Gasteiger partial charge is 0.354 e. The molecule has 1 unspecified atom stereocenters. The number of nitrogens with one attached hydrogen (secondary N) is 1. The Balaban J connectivity index is 2.83. The van der Waals surface area contributed by atoms with Crippen LogP contribution in [0.4, 0.5) is 5.69 Å². The summed E-state index contributed by atoms with van der Waals surface area (Å²) in [5, 5.41) is 2.79. The zero-order valence-electron chi connectivity index (χ0n) is 12.9. The van der Waals surface area contributed by atoms with Gasteiger partial charge < -0.3 is 5.32 Å². The number of rotatable bonds is 8. The molecule has 21 heavy (non-hydrogen) atoms. The van der Waals surface area contributed by atoms with Crippen LogP contribution in [0.25, 0.3) is 0 Å². The van der Waals surface area contributed by atoms with Gasteiger partial charge in [-0.1, -0.05) is 38.0 Å². The molecule has 5 nitrogen and oxygen atoms in total. The third-order valence-corrected chi connectivity index (χ3v) is 4.42. The molecular formula is C15H24N2O3S. The molecule has 1 amide bonds. The van der Waals surface area contributed by atoms with Crippen LogP contribution in [0.1, 0.15) is 33.1 Å². The number of anilines is 1. The summed E-state index contributed by atoms with van der Waals surface area (Å²) in [7, 11) is -3.52. The van der Waals surface area contributed by atoms with Gasteiger partial charge in [0.05, 0.1) is 11.9 Å². The van der Waals surface area contributed by atoms with Crippen molar-refractivity contribution >= 4 is 21.6 Å². The van der Waals surface area contributed by atoms with Gasteiger partial charge in [-0.15, -0.1) is 0 Å². The van der Waals surface area contributed by atoms with E-state index in [-0.39, 0.29) is 5.91 Å². The van der Waals surface area contributed by atoms with E-state index in [0.717, 1.165) is 29.8 Å². The number of hydrogen-bond donors (Lipinski definition) is 1. The molecule has 0 fully saturated rings. The number of benzene rings is 1. The Morgan fingerprint density at radius 1 is 1.24 bits per heavy atom. The summed E-state index contributed by atoms with van der Waals surface area (Å²) >= 11 is 0. The minimum absolute atomic E-state index is 0.277. The highest BCUT2D eigenvalue weighted by molar-refractivity contribution is 7.92. The summed E-state index contributed by atoms with van der Waals surface area (Å²) in [6.45, 7) is 4.26. The number of amides is 1. The van der Waals surface area contributed by atoms with Crippen molar-refractivity contribution < 1.29 is 13.2 Å². The third-order valence-electron chi connectivity index (χ3n) is 3.18. The van der Waals surface area contributed by atoms with Crippen molar-refractivity contribution in [2.75, 3.05) is 17.1 Å². The van der Waals surface area contributed by atoms with Crippen molar-refractivity contribution in [2.24, 2.45) is 0 Å². The molecule has 1 atom stereocenters. The third kappa shape index (κ3) is 5.38. The van der Waals surface area contributed by atoms with Gasteiger partial charge in [-0.05, 0) is 25.5 Å².